The summed E-state index contributed by atoms with van der Waals surface area (Å²) in [6.07, 6.45) is 0. The Morgan fingerprint density at radius 1 is 0.222 bits per heavy atom. The van der Waals surface area contributed by atoms with Crippen molar-refractivity contribution >= 4 is 124 Å². The van der Waals surface area contributed by atoms with Gasteiger partial charge in [0.1, 0.15) is 0 Å². The van der Waals surface area contributed by atoms with Crippen molar-refractivity contribution in [1.29, 1.82) is 0 Å². The molecule has 0 spiro atoms. The average Bonchev–Trinajstić information content (AvgIpc) is 3.47. The second-order valence-corrected chi connectivity index (χ2v) is 34.8. The molecule has 0 unspecified atom stereocenters. The summed E-state index contributed by atoms with van der Waals surface area (Å²) in [6, 6.07) is 92.6. The minimum atomic E-state index is -2.69. The van der Waals surface area contributed by atoms with Crippen LogP contribution < -0.4 is 42.4 Å². The molecule has 8 heteroatoms. The van der Waals surface area contributed by atoms with E-state index in [-0.39, 0.29) is 0 Å². The van der Waals surface area contributed by atoms with Gasteiger partial charge in [-0.25, -0.2) is 0 Å². The van der Waals surface area contributed by atoms with Crippen LogP contribution in [-0.2, 0) is 47.2 Å². The fourth-order valence-corrected chi connectivity index (χ4v) is 26.9. The molecular weight excluding hydrogens is 1020 g/mol. The zero-order valence-electron chi connectivity index (χ0n) is 39.3. The molecule has 10 rings (SSSR count). The first-order chi connectivity index (χ1) is 35.2. The Bertz CT molecular complexity index is 3260. The molecule has 0 nitrogen and oxygen atoms in total. The van der Waals surface area contributed by atoms with Crippen LogP contribution in [-0.4, -0.2) is 0 Å². The van der Waals surface area contributed by atoms with Crippen LogP contribution in [0.5, 0.6) is 0 Å². The Hall–Kier alpha value is -5.72. The summed E-state index contributed by atoms with van der Waals surface area (Å²) in [5, 5.41) is 11.2. The number of hydrogen-bond donors (Lipinski definition) is 0. The van der Waals surface area contributed by atoms with Gasteiger partial charge in [-0.1, -0.05) is 338 Å². The van der Waals surface area contributed by atoms with Crippen molar-refractivity contribution in [2.24, 2.45) is 0 Å². The average molecular weight is 1070 g/mol. The van der Waals surface area contributed by atoms with Crippen molar-refractivity contribution in [3.63, 3.8) is 0 Å². The summed E-state index contributed by atoms with van der Waals surface area (Å²) < 4.78 is 0. The second kappa shape index (κ2) is 22.2. The van der Waals surface area contributed by atoms with Crippen molar-refractivity contribution < 1.29 is 0 Å². The van der Waals surface area contributed by atoms with Crippen LogP contribution in [0.1, 0.15) is 11.1 Å². The van der Waals surface area contributed by atoms with Gasteiger partial charge in [-0.2, -0.15) is 0 Å². The smallest absolute Gasteiger partial charge is 0.0386 e. The predicted octanol–water partition coefficient (Wildman–Crippen LogP) is 14.5. The van der Waals surface area contributed by atoms with Gasteiger partial charge in [0.25, 0.3) is 0 Å². The molecule has 0 N–H and O–H groups in total. The molecule has 0 fully saturated rings. The van der Waals surface area contributed by atoms with Crippen molar-refractivity contribution in [3.8, 4) is 11.1 Å². The third-order valence-electron chi connectivity index (χ3n) is 13.0. The van der Waals surface area contributed by atoms with Crippen LogP contribution >= 0.6 is 24.2 Å². The first-order valence-electron chi connectivity index (χ1n) is 23.7. The normalized spacial score (nSPS) is 12.6. The highest BCUT2D eigenvalue weighted by Crippen LogP contribution is 2.63. The van der Waals surface area contributed by atoms with E-state index in [4.69, 9.17) is 47.2 Å². The predicted molar refractivity (Wildman–Crippen MR) is 334 cm³/mol. The van der Waals surface area contributed by atoms with Crippen LogP contribution in [0, 0.1) is 0 Å². The Labute approximate surface area is 446 Å². The highest BCUT2D eigenvalue weighted by atomic mass is 32.5. The first-order valence-corrected chi connectivity index (χ1v) is 35.1. The highest BCUT2D eigenvalue weighted by Gasteiger charge is 2.34. The number of hydrogen-bond acceptors (Lipinski definition) is 4. The van der Waals surface area contributed by atoms with Gasteiger partial charge < -0.3 is 0 Å². The maximum Gasteiger partial charge on any atom is 0.0386 e. The Balaban J connectivity index is 1.14. The summed E-state index contributed by atoms with van der Waals surface area (Å²) in [5.74, 6) is 4.81. The zero-order chi connectivity index (χ0) is 49.4. The molecule has 0 aliphatic heterocycles. The minimum absolute atomic E-state index is 1.07. The molecule has 0 heterocycles. The van der Waals surface area contributed by atoms with Crippen molar-refractivity contribution in [1.82, 2.24) is 0 Å². The van der Waals surface area contributed by atoms with E-state index < -0.39 is 24.2 Å². The van der Waals surface area contributed by atoms with Crippen LogP contribution in [0.25, 0.3) is 21.8 Å². The van der Waals surface area contributed by atoms with Crippen LogP contribution in [0.2, 0.25) is 0 Å². The second-order valence-electron chi connectivity index (χ2n) is 17.4. The molecule has 0 aliphatic rings. The summed E-state index contributed by atoms with van der Waals surface area (Å²) in [7, 11) is 0. The van der Waals surface area contributed by atoms with Gasteiger partial charge in [0.2, 0.25) is 0 Å². The van der Waals surface area contributed by atoms with E-state index >= 15 is 0 Å². The molecular formula is C64H50P4S4. The first kappa shape index (κ1) is 49.8. The van der Waals surface area contributed by atoms with E-state index in [0.717, 1.165) is 75.3 Å². The number of rotatable bonds is 15. The molecule has 0 aliphatic carbocycles. The fraction of sp³-hybridized carbons (Fsp3) is 0. The van der Waals surface area contributed by atoms with Crippen molar-refractivity contribution in [2.45, 2.75) is 0 Å². The summed E-state index contributed by atoms with van der Waals surface area (Å²) in [5.41, 5.74) is 4.32. The monoisotopic (exact) mass is 1070 g/mol. The standard InChI is InChI=1S/C64H50P4S4/c69-65(55-25-9-1-10-26-55,56-27-11-2-12-28-56)49-63(67(71,59-33-17-5-18-34-59)60-35-19-6-20-36-60)53-45-41-51(42-46-53)52-43-47-54(48-44-52)64(68(72,61-37-21-7-22-38-61)62-39-23-8-24-40-62)50-66(70,57-29-13-3-14-30-57)58-31-15-4-16-32-58/h1-50H/b63-49+,64-50+. The van der Waals surface area contributed by atoms with Gasteiger partial charge in [-0.05, 0) is 76.3 Å². The lowest BCUT2D eigenvalue weighted by molar-refractivity contribution is 1.58. The number of benzene rings is 10. The third-order valence-corrected chi connectivity index (χ3v) is 32.0. The van der Waals surface area contributed by atoms with Crippen molar-refractivity contribution in [3.05, 3.63) is 314 Å². The lowest BCUT2D eigenvalue weighted by atomic mass is 10.0. The SMILES string of the molecule is S=P(/C=C(\c1ccc(-c2ccc(/C(=C\P(=S)(c3ccccc3)c3ccccc3)P(=S)(c3ccccc3)c3ccccc3)cc2)cc1)P(=S)(c1ccccc1)c1ccccc1)(c1ccccc1)c1ccccc1. The summed E-state index contributed by atoms with van der Waals surface area (Å²) in [6.45, 7) is 0. The minimum Gasteiger partial charge on any atom is -0.0832 e. The van der Waals surface area contributed by atoms with E-state index in [0.29, 0.717) is 0 Å². The third kappa shape index (κ3) is 10.0. The van der Waals surface area contributed by atoms with E-state index in [2.05, 4.69) is 303 Å². The molecule has 10 aromatic carbocycles. The lowest BCUT2D eigenvalue weighted by Crippen LogP contribution is -2.19. The quantitative estimate of drug-likeness (QED) is 0.0938. The van der Waals surface area contributed by atoms with E-state index in [1.54, 1.807) is 0 Å². The van der Waals surface area contributed by atoms with Gasteiger partial charge in [0, 0.05) is 34.8 Å². The largest absolute Gasteiger partial charge is 0.0832 e. The Morgan fingerprint density at radius 2 is 0.403 bits per heavy atom. The highest BCUT2D eigenvalue weighted by molar-refractivity contribution is 8.29. The zero-order valence-corrected chi connectivity index (χ0v) is 46.1. The van der Waals surface area contributed by atoms with Crippen LogP contribution in [0.4, 0.5) is 0 Å². The van der Waals surface area contributed by atoms with Crippen LogP contribution in [0.3, 0.4) is 0 Å². The van der Waals surface area contributed by atoms with Gasteiger partial charge in [0.15, 0.2) is 0 Å². The molecule has 0 aromatic heterocycles. The van der Waals surface area contributed by atoms with Gasteiger partial charge in [-0.15, -0.1) is 0 Å². The lowest BCUT2D eigenvalue weighted by Gasteiger charge is -2.30. The van der Waals surface area contributed by atoms with Gasteiger partial charge >= 0.3 is 0 Å². The van der Waals surface area contributed by atoms with E-state index in [9.17, 15) is 0 Å². The molecule has 0 amide bonds. The maximum atomic E-state index is 7.17. The van der Waals surface area contributed by atoms with Crippen molar-refractivity contribution in [2.75, 3.05) is 0 Å². The maximum absolute atomic E-state index is 7.17. The topological polar surface area (TPSA) is 0 Å². The van der Waals surface area contributed by atoms with Gasteiger partial charge in [0.05, 0.1) is 0 Å². The molecule has 0 saturated heterocycles. The molecule has 10 aromatic rings. The Kier molecular flexibility index (Phi) is 15.4. The molecule has 0 saturated carbocycles. The molecule has 350 valence electrons. The Morgan fingerprint density at radius 3 is 0.597 bits per heavy atom. The van der Waals surface area contributed by atoms with Crippen LogP contribution in [0.15, 0.2) is 303 Å². The summed E-state index contributed by atoms with van der Waals surface area (Å²) >= 11 is 28.3. The molecule has 0 bridgehead atoms. The van der Waals surface area contributed by atoms with E-state index in [1.807, 2.05) is 0 Å². The fourth-order valence-electron chi connectivity index (χ4n) is 9.29. The summed E-state index contributed by atoms with van der Waals surface area (Å²) in [4.78, 5) is 0. The van der Waals surface area contributed by atoms with Gasteiger partial charge in [-0.3, -0.25) is 0 Å². The molecule has 0 atom stereocenters. The molecule has 0 radical (unpaired) electrons. The van der Waals surface area contributed by atoms with E-state index in [1.165, 1.54) is 0 Å². The molecule has 72 heavy (non-hydrogen) atoms.